The highest BCUT2D eigenvalue weighted by atomic mass is 19.1. The van der Waals surface area contributed by atoms with Crippen molar-refractivity contribution in [1.29, 1.82) is 0 Å². The number of carbonyl (C=O) groups excluding carboxylic acids is 1. The molecule has 0 saturated carbocycles. The van der Waals surface area contributed by atoms with Crippen molar-refractivity contribution < 1.29 is 13.6 Å². The van der Waals surface area contributed by atoms with E-state index in [-0.39, 0.29) is 5.69 Å². The fourth-order valence-corrected chi connectivity index (χ4v) is 2.11. The lowest BCUT2D eigenvalue weighted by atomic mass is 10.0. The van der Waals surface area contributed by atoms with Crippen molar-refractivity contribution in [1.82, 2.24) is 0 Å². The number of nitrogens with one attached hydrogen (secondary N) is 2. The number of carbonyl (C=O) groups is 1. The van der Waals surface area contributed by atoms with Crippen LogP contribution >= 0.6 is 0 Å². The van der Waals surface area contributed by atoms with E-state index in [1.54, 1.807) is 6.92 Å². The molecule has 122 valence electrons. The summed E-state index contributed by atoms with van der Waals surface area (Å²) in [5.74, 6) is -1.29. The first kappa shape index (κ1) is 16.9. The fourth-order valence-electron chi connectivity index (χ4n) is 2.11. The molecule has 5 heteroatoms. The van der Waals surface area contributed by atoms with Crippen LogP contribution in [0.3, 0.4) is 0 Å². The van der Waals surface area contributed by atoms with E-state index in [1.807, 2.05) is 24.3 Å². The highest BCUT2D eigenvalue weighted by Gasteiger charge is 2.15. The molecule has 1 atom stereocenters. The van der Waals surface area contributed by atoms with Gasteiger partial charge < -0.3 is 10.6 Å². The van der Waals surface area contributed by atoms with Gasteiger partial charge in [0, 0.05) is 11.8 Å². The minimum absolute atomic E-state index is 0.168. The summed E-state index contributed by atoms with van der Waals surface area (Å²) in [4.78, 5) is 12.1. The molecule has 23 heavy (non-hydrogen) atoms. The second kappa shape index (κ2) is 7.22. The topological polar surface area (TPSA) is 41.1 Å². The molecule has 0 aliphatic carbocycles. The zero-order valence-corrected chi connectivity index (χ0v) is 13.4. The summed E-state index contributed by atoms with van der Waals surface area (Å²) in [5, 5.41) is 5.42. The number of hydrogen-bond acceptors (Lipinski definition) is 2. The van der Waals surface area contributed by atoms with Crippen LogP contribution in [0.1, 0.15) is 32.3 Å². The molecule has 0 aliphatic heterocycles. The molecule has 3 nitrogen and oxygen atoms in total. The van der Waals surface area contributed by atoms with Crippen molar-refractivity contribution in [2.45, 2.75) is 32.7 Å². The third-order valence-electron chi connectivity index (χ3n) is 3.54. The van der Waals surface area contributed by atoms with Crippen molar-refractivity contribution in [3.05, 3.63) is 59.7 Å². The molecule has 2 aromatic rings. The molecule has 0 spiro atoms. The first-order valence-corrected chi connectivity index (χ1v) is 7.49. The summed E-state index contributed by atoms with van der Waals surface area (Å²) in [5.41, 5.74) is 1.82. The second-order valence-corrected chi connectivity index (χ2v) is 5.76. The molecular weight excluding hydrogens is 298 g/mol. The number of halogens is 2. The van der Waals surface area contributed by atoms with Crippen LogP contribution in [0.2, 0.25) is 0 Å². The first-order chi connectivity index (χ1) is 10.9. The predicted molar refractivity (Wildman–Crippen MR) is 88.6 cm³/mol. The van der Waals surface area contributed by atoms with Crippen molar-refractivity contribution >= 4 is 17.3 Å². The van der Waals surface area contributed by atoms with Gasteiger partial charge in [-0.25, -0.2) is 8.78 Å². The van der Waals surface area contributed by atoms with E-state index in [2.05, 4.69) is 24.5 Å². The van der Waals surface area contributed by atoms with Crippen LogP contribution in [0.5, 0.6) is 0 Å². The highest BCUT2D eigenvalue weighted by Crippen LogP contribution is 2.19. The van der Waals surface area contributed by atoms with Crippen molar-refractivity contribution in [2.24, 2.45) is 0 Å². The maximum absolute atomic E-state index is 13.5. The van der Waals surface area contributed by atoms with Gasteiger partial charge in [-0.3, -0.25) is 4.79 Å². The van der Waals surface area contributed by atoms with Gasteiger partial charge in [0.05, 0.1) is 5.69 Å². The second-order valence-electron chi connectivity index (χ2n) is 5.76. The van der Waals surface area contributed by atoms with E-state index in [0.29, 0.717) is 5.92 Å². The third-order valence-corrected chi connectivity index (χ3v) is 3.54. The Bertz CT molecular complexity index is 684. The number of rotatable bonds is 5. The summed E-state index contributed by atoms with van der Waals surface area (Å²) in [7, 11) is 0. The Morgan fingerprint density at radius 3 is 2.26 bits per heavy atom. The average molecular weight is 318 g/mol. The SMILES string of the molecule is CC(Nc1ccc(C(C)C)cc1)C(=O)Nc1cc(F)ccc1F. The van der Waals surface area contributed by atoms with Gasteiger partial charge in [0.25, 0.3) is 0 Å². The summed E-state index contributed by atoms with van der Waals surface area (Å²) in [6, 6.07) is 10.1. The average Bonchev–Trinajstić information content (AvgIpc) is 2.51. The number of hydrogen-bond donors (Lipinski definition) is 2. The lowest BCUT2D eigenvalue weighted by Gasteiger charge is -2.16. The predicted octanol–water partition coefficient (Wildman–Crippen LogP) is 4.53. The molecule has 0 aliphatic rings. The molecule has 0 radical (unpaired) electrons. The fraction of sp³-hybridized carbons (Fsp3) is 0.278. The summed E-state index contributed by atoms with van der Waals surface area (Å²) in [6.45, 7) is 5.86. The monoisotopic (exact) mass is 318 g/mol. The molecular formula is C18H20F2N2O. The Hall–Kier alpha value is -2.43. The Kier molecular flexibility index (Phi) is 5.32. The van der Waals surface area contributed by atoms with Crippen LogP contribution in [0.15, 0.2) is 42.5 Å². The van der Waals surface area contributed by atoms with Crippen molar-refractivity contribution in [3.63, 3.8) is 0 Å². The first-order valence-electron chi connectivity index (χ1n) is 7.49. The molecule has 0 fully saturated rings. The van der Waals surface area contributed by atoms with Crippen LogP contribution in [-0.4, -0.2) is 11.9 Å². The lowest BCUT2D eigenvalue weighted by molar-refractivity contribution is -0.116. The Balaban J connectivity index is 2.01. The molecule has 0 aromatic heterocycles. The number of benzene rings is 2. The van der Waals surface area contributed by atoms with Gasteiger partial charge in [0.1, 0.15) is 17.7 Å². The van der Waals surface area contributed by atoms with Gasteiger partial charge in [0.15, 0.2) is 0 Å². The normalized spacial score (nSPS) is 12.1. The molecule has 1 amide bonds. The maximum atomic E-state index is 13.5. The van der Waals surface area contributed by atoms with Gasteiger partial charge in [-0.05, 0) is 42.7 Å². The number of amides is 1. The van der Waals surface area contributed by atoms with Crippen LogP contribution in [0, 0.1) is 11.6 Å². The lowest BCUT2D eigenvalue weighted by Crippen LogP contribution is -2.32. The molecule has 2 rings (SSSR count). The molecule has 1 unspecified atom stereocenters. The third kappa shape index (κ3) is 4.52. The molecule has 2 N–H and O–H groups in total. The molecule has 0 saturated heterocycles. The van der Waals surface area contributed by atoms with Gasteiger partial charge in [0.2, 0.25) is 5.91 Å². The van der Waals surface area contributed by atoms with Crippen molar-refractivity contribution in [3.8, 4) is 0 Å². The largest absolute Gasteiger partial charge is 0.374 e. The molecule has 0 bridgehead atoms. The van der Waals surface area contributed by atoms with Gasteiger partial charge >= 0.3 is 0 Å². The summed E-state index contributed by atoms with van der Waals surface area (Å²) in [6.07, 6.45) is 0. The minimum atomic E-state index is -0.673. The van der Waals surface area contributed by atoms with E-state index >= 15 is 0 Å². The van der Waals surface area contributed by atoms with E-state index in [9.17, 15) is 13.6 Å². The summed E-state index contributed by atoms with van der Waals surface area (Å²) >= 11 is 0. The Morgan fingerprint density at radius 1 is 1.00 bits per heavy atom. The van der Waals surface area contributed by atoms with E-state index in [1.165, 1.54) is 5.56 Å². The smallest absolute Gasteiger partial charge is 0.246 e. The zero-order valence-electron chi connectivity index (χ0n) is 13.4. The van der Waals surface area contributed by atoms with E-state index in [4.69, 9.17) is 0 Å². The standard InChI is InChI=1S/C18H20F2N2O/c1-11(2)13-4-7-15(8-5-13)21-12(3)18(23)22-17-10-14(19)6-9-16(17)20/h4-12,21H,1-3H3,(H,22,23). The van der Waals surface area contributed by atoms with Crippen LogP contribution in [-0.2, 0) is 4.79 Å². The molecule has 2 aromatic carbocycles. The maximum Gasteiger partial charge on any atom is 0.246 e. The Morgan fingerprint density at radius 2 is 1.65 bits per heavy atom. The quantitative estimate of drug-likeness (QED) is 0.850. The van der Waals surface area contributed by atoms with Gasteiger partial charge in [-0.1, -0.05) is 26.0 Å². The van der Waals surface area contributed by atoms with Crippen LogP contribution in [0.25, 0.3) is 0 Å². The minimum Gasteiger partial charge on any atom is -0.374 e. The molecule has 0 heterocycles. The highest BCUT2D eigenvalue weighted by molar-refractivity contribution is 5.96. The summed E-state index contributed by atoms with van der Waals surface area (Å²) < 4.78 is 26.7. The van der Waals surface area contributed by atoms with E-state index in [0.717, 1.165) is 23.9 Å². The van der Waals surface area contributed by atoms with Gasteiger partial charge in [-0.15, -0.1) is 0 Å². The van der Waals surface area contributed by atoms with Gasteiger partial charge in [-0.2, -0.15) is 0 Å². The van der Waals surface area contributed by atoms with Crippen molar-refractivity contribution in [2.75, 3.05) is 10.6 Å². The van der Waals surface area contributed by atoms with Crippen LogP contribution in [0.4, 0.5) is 20.2 Å². The Labute approximate surface area is 134 Å². The number of anilines is 2. The zero-order chi connectivity index (χ0) is 17.0. The van der Waals surface area contributed by atoms with E-state index < -0.39 is 23.6 Å². The van der Waals surface area contributed by atoms with Crippen LogP contribution < -0.4 is 10.6 Å².